The Labute approximate surface area is 112 Å². The van der Waals surface area contributed by atoms with Gasteiger partial charge in [-0.25, -0.2) is 4.98 Å². The molecule has 0 amide bonds. The summed E-state index contributed by atoms with van der Waals surface area (Å²) in [7, 11) is 3.32. The summed E-state index contributed by atoms with van der Waals surface area (Å²) in [5.74, 6) is 1.58. The van der Waals surface area contributed by atoms with Gasteiger partial charge in [0.1, 0.15) is 11.5 Å². The lowest BCUT2D eigenvalue weighted by Gasteiger charge is -2.17. The van der Waals surface area contributed by atoms with Crippen molar-refractivity contribution in [2.45, 2.75) is 13.0 Å². The Morgan fingerprint density at radius 1 is 1.26 bits per heavy atom. The predicted octanol–water partition coefficient (Wildman–Crippen LogP) is 1.54. The van der Waals surface area contributed by atoms with Crippen LogP contribution in [-0.2, 0) is 13.0 Å². The van der Waals surface area contributed by atoms with Crippen LogP contribution in [0, 0.1) is 0 Å². The van der Waals surface area contributed by atoms with Gasteiger partial charge in [-0.3, -0.25) is 4.57 Å². The first-order chi connectivity index (χ1) is 9.33. The Morgan fingerprint density at radius 2 is 2.16 bits per heavy atom. The van der Waals surface area contributed by atoms with E-state index >= 15 is 0 Å². The molecule has 1 aliphatic heterocycles. The Kier molecular flexibility index (Phi) is 3.13. The summed E-state index contributed by atoms with van der Waals surface area (Å²) in [5.41, 5.74) is 3.37. The lowest BCUT2D eigenvalue weighted by Crippen LogP contribution is -2.24. The zero-order valence-corrected chi connectivity index (χ0v) is 11.1. The fourth-order valence-corrected chi connectivity index (χ4v) is 2.43. The van der Waals surface area contributed by atoms with Crippen LogP contribution in [0.5, 0.6) is 11.5 Å². The molecule has 0 saturated heterocycles. The van der Waals surface area contributed by atoms with E-state index in [9.17, 15) is 0 Å². The second-order valence-corrected chi connectivity index (χ2v) is 4.47. The molecule has 0 saturated carbocycles. The highest BCUT2D eigenvalue weighted by Crippen LogP contribution is 2.29. The number of methoxy groups -OCH3 is 2. The highest BCUT2D eigenvalue weighted by Gasteiger charge is 2.17. The normalized spacial score (nSPS) is 14.0. The minimum Gasteiger partial charge on any atom is -0.497 e. The van der Waals surface area contributed by atoms with Gasteiger partial charge in [-0.05, 0) is 12.1 Å². The summed E-state index contributed by atoms with van der Waals surface area (Å²) >= 11 is 0. The van der Waals surface area contributed by atoms with E-state index in [2.05, 4.69) is 14.9 Å². The monoisotopic (exact) mass is 259 g/mol. The molecule has 5 nitrogen and oxygen atoms in total. The van der Waals surface area contributed by atoms with Crippen LogP contribution in [0.4, 0.5) is 0 Å². The van der Waals surface area contributed by atoms with Crippen molar-refractivity contribution >= 4 is 0 Å². The molecule has 5 heteroatoms. The van der Waals surface area contributed by atoms with E-state index in [0.717, 1.165) is 42.4 Å². The van der Waals surface area contributed by atoms with Crippen molar-refractivity contribution in [3.8, 4) is 17.2 Å². The number of benzene rings is 1. The molecule has 100 valence electrons. The number of rotatable bonds is 3. The molecule has 2 heterocycles. The average molecular weight is 259 g/mol. The molecule has 3 rings (SSSR count). The zero-order chi connectivity index (χ0) is 13.2. The predicted molar refractivity (Wildman–Crippen MR) is 72.1 cm³/mol. The van der Waals surface area contributed by atoms with Gasteiger partial charge >= 0.3 is 0 Å². The third kappa shape index (κ3) is 2.06. The molecule has 1 aromatic heterocycles. The molecule has 0 aliphatic carbocycles. The first kappa shape index (κ1) is 12.0. The SMILES string of the molecule is COc1ccc(-n2cnc3c2CCNC3)c(OC)c1. The summed E-state index contributed by atoms with van der Waals surface area (Å²) in [6.45, 7) is 1.82. The zero-order valence-electron chi connectivity index (χ0n) is 11.1. The number of ether oxygens (including phenoxy) is 2. The quantitative estimate of drug-likeness (QED) is 0.908. The molecule has 0 unspecified atom stereocenters. The van der Waals surface area contributed by atoms with E-state index in [-0.39, 0.29) is 0 Å². The molecule has 19 heavy (non-hydrogen) atoms. The van der Waals surface area contributed by atoms with Crippen molar-refractivity contribution in [2.75, 3.05) is 20.8 Å². The van der Waals surface area contributed by atoms with Gasteiger partial charge in [-0.1, -0.05) is 0 Å². The highest BCUT2D eigenvalue weighted by atomic mass is 16.5. The van der Waals surface area contributed by atoms with Gasteiger partial charge in [0.2, 0.25) is 0 Å². The molecule has 0 radical (unpaired) electrons. The van der Waals surface area contributed by atoms with Crippen molar-refractivity contribution in [3.05, 3.63) is 35.9 Å². The van der Waals surface area contributed by atoms with Crippen molar-refractivity contribution in [3.63, 3.8) is 0 Å². The topological polar surface area (TPSA) is 48.3 Å². The van der Waals surface area contributed by atoms with Gasteiger partial charge in [-0.15, -0.1) is 0 Å². The third-order valence-electron chi connectivity index (χ3n) is 3.43. The fourth-order valence-electron chi connectivity index (χ4n) is 2.43. The summed E-state index contributed by atoms with van der Waals surface area (Å²) in [6, 6.07) is 5.83. The minimum atomic E-state index is 0.788. The van der Waals surface area contributed by atoms with Crippen molar-refractivity contribution in [2.24, 2.45) is 0 Å². The van der Waals surface area contributed by atoms with Crippen LogP contribution in [0.1, 0.15) is 11.4 Å². The summed E-state index contributed by atoms with van der Waals surface area (Å²) in [4.78, 5) is 4.46. The van der Waals surface area contributed by atoms with E-state index < -0.39 is 0 Å². The van der Waals surface area contributed by atoms with Crippen LogP contribution >= 0.6 is 0 Å². The van der Waals surface area contributed by atoms with Gasteiger partial charge in [0.15, 0.2) is 0 Å². The Balaban J connectivity index is 2.09. The maximum absolute atomic E-state index is 5.46. The van der Waals surface area contributed by atoms with Crippen molar-refractivity contribution < 1.29 is 9.47 Å². The van der Waals surface area contributed by atoms with Crippen LogP contribution in [-0.4, -0.2) is 30.3 Å². The van der Waals surface area contributed by atoms with Gasteiger partial charge in [0.05, 0.1) is 31.9 Å². The number of nitrogens with zero attached hydrogens (tertiary/aromatic N) is 2. The summed E-state index contributed by atoms with van der Waals surface area (Å²) in [6.07, 6.45) is 2.84. The Bertz CT molecular complexity index is 592. The number of aromatic nitrogens is 2. The summed E-state index contributed by atoms with van der Waals surface area (Å²) in [5, 5.41) is 3.33. The number of nitrogens with one attached hydrogen (secondary N) is 1. The highest BCUT2D eigenvalue weighted by molar-refractivity contribution is 5.52. The number of fused-ring (bicyclic) bond motifs is 1. The van der Waals surface area contributed by atoms with E-state index in [1.54, 1.807) is 14.2 Å². The van der Waals surface area contributed by atoms with Crippen LogP contribution < -0.4 is 14.8 Å². The molecule has 1 aromatic carbocycles. The maximum Gasteiger partial charge on any atom is 0.146 e. The number of hydrogen-bond donors (Lipinski definition) is 1. The van der Waals surface area contributed by atoms with Gasteiger partial charge in [-0.2, -0.15) is 0 Å². The molecule has 2 aromatic rings. The van der Waals surface area contributed by atoms with Crippen LogP contribution in [0.25, 0.3) is 5.69 Å². The van der Waals surface area contributed by atoms with Crippen LogP contribution in [0.2, 0.25) is 0 Å². The van der Waals surface area contributed by atoms with Crippen LogP contribution in [0.15, 0.2) is 24.5 Å². The Hall–Kier alpha value is -2.01. The van der Waals surface area contributed by atoms with E-state index in [4.69, 9.17) is 9.47 Å². The first-order valence-electron chi connectivity index (χ1n) is 6.31. The summed E-state index contributed by atoms with van der Waals surface area (Å²) < 4.78 is 12.8. The molecular formula is C14H17N3O2. The smallest absolute Gasteiger partial charge is 0.146 e. The first-order valence-corrected chi connectivity index (χ1v) is 6.31. The van der Waals surface area contributed by atoms with Crippen molar-refractivity contribution in [1.82, 2.24) is 14.9 Å². The molecular weight excluding hydrogens is 242 g/mol. The molecule has 0 spiro atoms. The largest absolute Gasteiger partial charge is 0.497 e. The second kappa shape index (κ2) is 4.93. The molecule has 0 atom stereocenters. The van der Waals surface area contributed by atoms with Gasteiger partial charge in [0.25, 0.3) is 0 Å². The molecule has 1 N–H and O–H groups in total. The van der Waals surface area contributed by atoms with Gasteiger partial charge in [0, 0.05) is 31.3 Å². The Morgan fingerprint density at radius 3 is 2.95 bits per heavy atom. The van der Waals surface area contributed by atoms with Crippen molar-refractivity contribution in [1.29, 1.82) is 0 Å². The van der Waals surface area contributed by atoms with E-state index in [1.165, 1.54) is 5.69 Å². The molecule has 0 fully saturated rings. The maximum atomic E-state index is 5.46. The number of imidazole rings is 1. The second-order valence-electron chi connectivity index (χ2n) is 4.47. The average Bonchev–Trinajstić information content (AvgIpc) is 2.90. The lowest BCUT2D eigenvalue weighted by atomic mass is 10.1. The molecule has 1 aliphatic rings. The van der Waals surface area contributed by atoms with E-state index in [1.807, 2.05) is 24.5 Å². The molecule has 0 bridgehead atoms. The van der Waals surface area contributed by atoms with Gasteiger partial charge < -0.3 is 14.8 Å². The lowest BCUT2D eigenvalue weighted by molar-refractivity contribution is 0.393. The number of hydrogen-bond acceptors (Lipinski definition) is 4. The fraction of sp³-hybridized carbons (Fsp3) is 0.357. The standard InChI is InChI=1S/C14H17N3O2/c1-18-10-3-4-13(14(7-10)19-2)17-9-16-11-8-15-6-5-12(11)17/h3-4,7,9,15H,5-6,8H2,1-2H3. The third-order valence-corrected chi connectivity index (χ3v) is 3.43. The van der Waals surface area contributed by atoms with E-state index in [0.29, 0.717) is 0 Å². The van der Waals surface area contributed by atoms with Crippen LogP contribution in [0.3, 0.4) is 0 Å². The minimum absolute atomic E-state index is 0.788.